The van der Waals surface area contributed by atoms with Gasteiger partial charge in [0.25, 0.3) is 0 Å². The summed E-state index contributed by atoms with van der Waals surface area (Å²) in [4.78, 5) is 26.8. The summed E-state index contributed by atoms with van der Waals surface area (Å²) < 4.78 is 10.9. The van der Waals surface area contributed by atoms with Crippen molar-refractivity contribution < 1.29 is 24.2 Å². The molecule has 0 saturated carbocycles. The Morgan fingerprint density at radius 2 is 1.82 bits per heavy atom. The molecule has 2 aliphatic rings. The molecule has 2 heterocycles. The third kappa shape index (κ3) is 4.84. The number of carboxylic acid groups (broad SMARTS) is 1. The lowest BCUT2D eigenvalue weighted by atomic mass is 10.2. The average Bonchev–Trinajstić information content (AvgIpc) is 2.86. The van der Waals surface area contributed by atoms with Crippen LogP contribution in [0.5, 0.6) is 0 Å². The molecular formula is C15H26N2O5. The lowest BCUT2D eigenvalue weighted by molar-refractivity contribution is -0.149. The van der Waals surface area contributed by atoms with Gasteiger partial charge in [0.05, 0.1) is 6.10 Å². The Morgan fingerprint density at radius 1 is 1.18 bits per heavy atom. The first kappa shape index (κ1) is 17.0. The van der Waals surface area contributed by atoms with Crippen LogP contribution in [0.4, 0.5) is 4.79 Å². The van der Waals surface area contributed by atoms with Gasteiger partial charge in [-0.1, -0.05) is 0 Å². The fourth-order valence-electron chi connectivity index (χ4n) is 2.75. The smallest absolute Gasteiger partial charge is 0.410 e. The van der Waals surface area contributed by atoms with Crippen molar-refractivity contribution in [2.24, 2.45) is 0 Å². The predicted octanol–water partition coefficient (Wildman–Crippen LogP) is 1.17. The maximum absolute atomic E-state index is 12.0. The van der Waals surface area contributed by atoms with Crippen molar-refractivity contribution >= 4 is 12.1 Å². The van der Waals surface area contributed by atoms with Crippen LogP contribution in [0, 0.1) is 0 Å². The van der Waals surface area contributed by atoms with Gasteiger partial charge in [0.1, 0.15) is 5.60 Å². The van der Waals surface area contributed by atoms with Crippen LogP contribution >= 0.6 is 0 Å². The number of carboxylic acids is 1. The Hall–Kier alpha value is -1.34. The Labute approximate surface area is 131 Å². The molecular weight excluding hydrogens is 288 g/mol. The Morgan fingerprint density at radius 3 is 2.32 bits per heavy atom. The quantitative estimate of drug-likeness (QED) is 0.842. The number of hydrogen-bond donors (Lipinski definition) is 1. The summed E-state index contributed by atoms with van der Waals surface area (Å²) in [6, 6.07) is 0. The van der Waals surface area contributed by atoms with Crippen LogP contribution in [0.1, 0.15) is 33.6 Å². The van der Waals surface area contributed by atoms with Crippen LogP contribution in [0.25, 0.3) is 0 Å². The molecule has 1 N–H and O–H groups in total. The minimum Gasteiger partial charge on any atom is -0.479 e. The van der Waals surface area contributed by atoms with E-state index in [-0.39, 0.29) is 12.2 Å². The van der Waals surface area contributed by atoms with Gasteiger partial charge in [0.2, 0.25) is 0 Å². The molecule has 2 unspecified atom stereocenters. The molecule has 2 saturated heterocycles. The number of nitrogens with zero attached hydrogens (tertiary/aromatic N) is 2. The van der Waals surface area contributed by atoms with Crippen molar-refractivity contribution in [2.75, 3.05) is 32.7 Å². The van der Waals surface area contributed by atoms with E-state index in [0.717, 1.165) is 26.1 Å². The molecule has 2 aliphatic heterocycles. The zero-order chi connectivity index (χ0) is 16.3. The normalized spacial score (nSPS) is 27.0. The van der Waals surface area contributed by atoms with Gasteiger partial charge in [0, 0.05) is 32.7 Å². The molecule has 0 aliphatic carbocycles. The summed E-state index contributed by atoms with van der Waals surface area (Å²) in [6.45, 7) is 9.08. The molecule has 2 fully saturated rings. The van der Waals surface area contributed by atoms with E-state index in [1.807, 2.05) is 20.8 Å². The van der Waals surface area contributed by atoms with E-state index < -0.39 is 17.7 Å². The van der Waals surface area contributed by atoms with Crippen LogP contribution in [-0.2, 0) is 14.3 Å². The summed E-state index contributed by atoms with van der Waals surface area (Å²) in [5.74, 6) is -0.878. The van der Waals surface area contributed by atoms with Crippen LogP contribution in [0.3, 0.4) is 0 Å². The van der Waals surface area contributed by atoms with Gasteiger partial charge in [-0.3, -0.25) is 4.90 Å². The lowest BCUT2D eigenvalue weighted by Gasteiger charge is -2.36. The first-order chi connectivity index (χ1) is 10.2. The van der Waals surface area contributed by atoms with Gasteiger partial charge in [-0.15, -0.1) is 0 Å². The fourth-order valence-corrected chi connectivity index (χ4v) is 2.75. The maximum atomic E-state index is 12.0. The van der Waals surface area contributed by atoms with E-state index >= 15 is 0 Å². The van der Waals surface area contributed by atoms with Gasteiger partial charge in [-0.05, 0) is 33.6 Å². The standard InChI is InChI=1S/C15H26N2O5/c1-15(2,3)22-14(20)17-8-6-16(7-9-17)10-11-4-5-12(21-11)13(18)19/h11-12H,4-10H2,1-3H3,(H,18,19). The van der Waals surface area contributed by atoms with E-state index in [0.29, 0.717) is 19.5 Å². The van der Waals surface area contributed by atoms with Crippen LogP contribution in [-0.4, -0.2) is 77.5 Å². The SMILES string of the molecule is CC(C)(C)OC(=O)N1CCN(CC2CCC(C(=O)O)O2)CC1. The highest BCUT2D eigenvalue weighted by atomic mass is 16.6. The van der Waals surface area contributed by atoms with E-state index in [2.05, 4.69) is 4.90 Å². The number of piperazine rings is 1. The molecule has 1 amide bonds. The van der Waals surface area contributed by atoms with Crippen molar-refractivity contribution in [3.63, 3.8) is 0 Å². The molecule has 0 aromatic heterocycles. The second kappa shape index (κ2) is 6.83. The minimum atomic E-state index is -0.878. The Kier molecular flexibility index (Phi) is 5.28. The first-order valence-electron chi connectivity index (χ1n) is 7.83. The maximum Gasteiger partial charge on any atom is 0.410 e. The molecule has 0 spiro atoms. The summed E-state index contributed by atoms with van der Waals surface area (Å²) in [5.41, 5.74) is -0.474. The van der Waals surface area contributed by atoms with Gasteiger partial charge in [-0.25, -0.2) is 9.59 Å². The third-order valence-corrected chi connectivity index (χ3v) is 3.87. The summed E-state index contributed by atoms with van der Waals surface area (Å²) >= 11 is 0. The number of carbonyl (C=O) groups is 2. The van der Waals surface area contributed by atoms with Crippen molar-refractivity contribution in [1.82, 2.24) is 9.80 Å². The number of rotatable bonds is 3. The number of aliphatic carboxylic acids is 1. The molecule has 2 rings (SSSR count). The summed E-state index contributed by atoms with van der Waals surface area (Å²) in [5, 5.41) is 8.93. The van der Waals surface area contributed by atoms with Gasteiger partial charge >= 0.3 is 12.1 Å². The first-order valence-corrected chi connectivity index (χ1v) is 7.83. The zero-order valence-corrected chi connectivity index (χ0v) is 13.6. The molecule has 0 radical (unpaired) electrons. The monoisotopic (exact) mass is 314 g/mol. The highest BCUT2D eigenvalue weighted by Gasteiger charge is 2.33. The average molecular weight is 314 g/mol. The van der Waals surface area contributed by atoms with Crippen LogP contribution in [0.2, 0.25) is 0 Å². The lowest BCUT2D eigenvalue weighted by Crippen LogP contribution is -2.51. The van der Waals surface area contributed by atoms with Crippen molar-refractivity contribution in [2.45, 2.75) is 51.4 Å². The van der Waals surface area contributed by atoms with Crippen LogP contribution < -0.4 is 0 Å². The highest BCUT2D eigenvalue weighted by Crippen LogP contribution is 2.21. The number of carbonyl (C=O) groups excluding carboxylic acids is 1. The van der Waals surface area contributed by atoms with Crippen LogP contribution in [0.15, 0.2) is 0 Å². The summed E-state index contributed by atoms with van der Waals surface area (Å²) in [7, 11) is 0. The molecule has 0 bridgehead atoms. The Balaban J connectivity index is 1.71. The largest absolute Gasteiger partial charge is 0.479 e. The minimum absolute atomic E-state index is 0.0193. The summed E-state index contributed by atoms with van der Waals surface area (Å²) in [6.07, 6.45) is 0.415. The van der Waals surface area contributed by atoms with E-state index in [1.54, 1.807) is 4.90 Å². The zero-order valence-electron chi connectivity index (χ0n) is 13.6. The topological polar surface area (TPSA) is 79.3 Å². The van der Waals surface area contributed by atoms with Gasteiger partial charge in [0.15, 0.2) is 6.10 Å². The fraction of sp³-hybridized carbons (Fsp3) is 0.867. The predicted molar refractivity (Wildman–Crippen MR) is 79.8 cm³/mol. The number of amides is 1. The number of hydrogen-bond acceptors (Lipinski definition) is 5. The van der Waals surface area contributed by atoms with E-state index in [1.165, 1.54) is 0 Å². The van der Waals surface area contributed by atoms with Gasteiger partial charge < -0.3 is 19.5 Å². The second-order valence-electron chi connectivity index (χ2n) is 6.93. The van der Waals surface area contributed by atoms with Crippen molar-refractivity contribution in [1.29, 1.82) is 0 Å². The molecule has 22 heavy (non-hydrogen) atoms. The molecule has 2 atom stereocenters. The third-order valence-electron chi connectivity index (χ3n) is 3.87. The van der Waals surface area contributed by atoms with E-state index in [9.17, 15) is 9.59 Å². The molecule has 7 heteroatoms. The Bertz CT molecular complexity index is 413. The van der Waals surface area contributed by atoms with Crippen molar-refractivity contribution in [3.05, 3.63) is 0 Å². The van der Waals surface area contributed by atoms with Crippen molar-refractivity contribution in [3.8, 4) is 0 Å². The van der Waals surface area contributed by atoms with Gasteiger partial charge in [-0.2, -0.15) is 0 Å². The molecule has 126 valence electrons. The molecule has 0 aromatic carbocycles. The highest BCUT2D eigenvalue weighted by molar-refractivity contribution is 5.72. The number of ether oxygens (including phenoxy) is 2. The van der Waals surface area contributed by atoms with E-state index in [4.69, 9.17) is 14.6 Å². The second-order valence-corrected chi connectivity index (χ2v) is 6.93. The molecule has 7 nitrogen and oxygen atoms in total. The molecule has 0 aromatic rings.